The Labute approximate surface area is 140 Å². The van der Waals surface area contributed by atoms with Crippen LogP contribution in [0.15, 0.2) is 46.5 Å². The predicted octanol–water partition coefficient (Wildman–Crippen LogP) is 3.24. The Bertz CT molecular complexity index is 811. The standard InChI is InChI=1S/C15H13BrN4OS/c1-20-8-11(7-18-20)15-19-13(9-22-15)14(21)17-6-10-3-2-4-12(16)5-10/h2-5,7-9H,6H2,1H3,(H,17,21). The Morgan fingerprint density at radius 1 is 1.45 bits per heavy atom. The lowest BCUT2D eigenvalue weighted by atomic mass is 10.2. The van der Waals surface area contributed by atoms with Crippen molar-refractivity contribution in [3.05, 3.63) is 57.8 Å². The molecule has 112 valence electrons. The van der Waals surface area contributed by atoms with Crippen molar-refractivity contribution in [2.24, 2.45) is 7.05 Å². The van der Waals surface area contributed by atoms with E-state index in [9.17, 15) is 4.79 Å². The van der Waals surface area contributed by atoms with E-state index in [0.717, 1.165) is 20.6 Å². The molecule has 1 amide bonds. The van der Waals surface area contributed by atoms with Crippen molar-refractivity contribution in [3.8, 4) is 10.6 Å². The molecule has 0 aliphatic carbocycles. The maximum Gasteiger partial charge on any atom is 0.271 e. The van der Waals surface area contributed by atoms with Crippen molar-refractivity contribution in [3.63, 3.8) is 0 Å². The van der Waals surface area contributed by atoms with Crippen LogP contribution < -0.4 is 5.32 Å². The highest BCUT2D eigenvalue weighted by Crippen LogP contribution is 2.22. The van der Waals surface area contributed by atoms with Gasteiger partial charge in [-0.05, 0) is 17.7 Å². The molecule has 0 unspecified atom stereocenters. The third-order valence-electron chi connectivity index (χ3n) is 3.03. The second kappa shape index (κ2) is 6.41. The molecule has 2 heterocycles. The van der Waals surface area contributed by atoms with Crippen LogP contribution in [0.2, 0.25) is 0 Å². The third-order valence-corrected chi connectivity index (χ3v) is 4.42. The number of hydrogen-bond donors (Lipinski definition) is 1. The summed E-state index contributed by atoms with van der Waals surface area (Å²) in [4.78, 5) is 16.5. The van der Waals surface area contributed by atoms with Crippen LogP contribution in [0.3, 0.4) is 0 Å². The first kappa shape index (κ1) is 14.9. The van der Waals surface area contributed by atoms with Crippen LogP contribution in [0.5, 0.6) is 0 Å². The lowest BCUT2D eigenvalue weighted by Gasteiger charge is -2.03. The van der Waals surface area contributed by atoms with Crippen LogP contribution >= 0.6 is 27.3 Å². The second-order valence-corrected chi connectivity index (χ2v) is 6.53. The predicted molar refractivity (Wildman–Crippen MR) is 89.6 cm³/mol. The molecule has 1 N–H and O–H groups in total. The average Bonchev–Trinajstić information content (AvgIpc) is 3.13. The van der Waals surface area contributed by atoms with E-state index in [2.05, 4.69) is 31.3 Å². The zero-order chi connectivity index (χ0) is 15.5. The number of nitrogens with zero attached hydrogens (tertiary/aromatic N) is 3. The summed E-state index contributed by atoms with van der Waals surface area (Å²) in [6.07, 6.45) is 3.62. The minimum Gasteiger partial charge on any atom is -0.347 e. The molecule has 0 aliphatic rings. The fraction of sp³-hybridized carbons (Fsp3) is 0.133. The zero-order valence-electron chi connectivity index (χ0n) is 11.8. The smallest absolute Gasteiger partial charge is 0.271 e. The van der Waals surface area contributed by atoms with Gasteiger partial charge in [0.15, 0.2) is 0 Å². The summed E-state index contributed by atoms with van der Waals surface area (Å²) in [6, 6.07) is 7.83. The molecule has 0 spiro atoms. The van der Waals surface area contributed by atoms with Gasteiger partial charge in [-0.15, -0.1) is 11.3 Å². The van der Waals surface area contributed by atoms with E-state index in [1.807, 2.05) is 37.5 Å². The average molecular weight is 377 g/mol. The normalized spacial score (nSPS) is 10.6. The van der Waals surface area contributed by atoms with Crippen molar-refractivity contribution in [1.82, 2.24) is 20.1 Å². The first-order chi connectivity index (χ1) is 10.6. The van der Waals surface area contributed by atoms with E-state index in [0.29, 0.717) is 12.2 Å². The molecule has 0 bridgehead atoms. The number of carbonyl (C=O) groups excluding carboxylic acids is 1. The molecule has 3 aromatic rings. The van der Waals surface area contributed by atoms with Gasteiger partial charge >= 0.3 is 0 Å². The third kappa shape index (κ3) is 3.42. The van der Waals surface area contributed by atoms with E-state index < -0.39 is 0 Å². The largest absolute Gasteiger partial charge is 0.347 e. The topological polar surface area (TPSA) is 59.8 Å². The Morgan fingerprint density at radius 3 is 3.05 bits per heavy atom. The number of amides is 1. The quantitative estimate of drug-likeness (QED) is 0.760. The molecular formula is C15H13BrN4OS. The lowest BCUT2D eigenvalue weighted by Crippen LogP contribution is -2.23. The molecule has 0 fully saturated rings. The molecule has 22 heavy (non-hydrogen) atoms. The summed E-state index contributed by atoms with van der Waals surface area (Å²) >= 11 is 4.85. The van der Waals surface area contributed by atoms with Gasteiger partial charge in [0.25, 0.3) is 5.91 Å². The molecule has 0 radical (unpaired) electrons. The number of carbonyl (C=O) groups is 1. The van der Waals surface area contributed by atoms with Crippen LogP contribution in [-0.2, 0) is 13.6 Å². The molecule has 7 heteroatoms. The van der Waals surface area contributed by atoms with Crippen molar-refractivity contribution in [2.45, 2.75) is 6.54 Å². The number of aromatic nitrogens is 3. The van der Waals surface area contributed by atoms with Gasteiger partial charge in [-0.1, -0.05) is 28.1 Å². The van der Waals surface area contributed by atoms with Gasteiger partial charge in [0.05, 0.1) is 6.20 Å². The number of thiazole rings is 1. The lowest BCUT2D eigenvalue weighted by molar-refractivity contribution is 0.0946. The minimum atomic E-state index is -0.175. The highest BCUT2D eigenvalue weighted by Gasteiger charge is 2.12. The zero-order valence-corrected chi connectivity index (χ0v) is 14.2. The van der Waals surface area contributed by atoms with Crippen molar-refractivity contribution in [2.75, 3.05) is 0 Å². The van der Waals surface area contributed by atoms with Gasteiger partial charge in [0.1, 0.15) is 10.7 Å². The minimum absolute atomic E-state index is 0.175. The van der Waals surface area contributed by atoms with E-state index in [1.165, 1.54) is 11.3 Å². The molecule has 2 aromatic heterocycles. The maximum absolute atomic E-state index is 12.2. The van der Waals surface area contributed by atoms with Crippen molar-refractivity contribution in [1.29, 1.82) is 0 Å². The van der Waals surface area contributed by atoms with Crippen LogP contribution in [0, 0.1) is 0 Å². The Kier molecular flexibility index (Phi) is 4.35. The number of benzene rings is 1. The maximum atomic E-state index is 12.2. The summed E-state index contributed by atoms with van der Waals surface area (Å²) in [5.74, 6) is -0.175. The molecule has 1 aromatic carbocycles. The molecule has 0 atom stereocenters. The number of hydrogen-bond acceptors (Lipinski definition) is 4. The first-order valence-corrected chi connectivity index (χ1v) is 8.26. The number of nitrogens with one attached hydrogen (secondary N) is 1. The van der Waals surface area contributed by atoms with E-state index >= 15 is 0 Å². The van der Waals surface area contributed by atoms with Crippen LogP contribution in [0.25, 0.3) is 10.6 Å². The van der Waals surface area contributed by atoms with Crippen LogP contribution in [0.1, 0.15) is 16.1 Å². The highest BCUT2D eigenvalue weighted by atomic mass is 79.9. The highest BCUT2D eigenvalue weighted by molar-refractivity contribution is 9.10. The van der Waals surface area contributed by atoms with Crippen molar-refractivity contribution < 1.29 is 4.79 Å². The Hall–Kier alpha value is -1.99. The summed E-state index contributed by atoms with van der Waals surface area (Å²) in [5.41, 5.74) is 2.38. The summed E-state index contributed by atoms with van der Waals surface area (Å²) in [6.45, 7) is 0.470. The Balaban J connectivity index is 1.67. The molecule has 0 aliphatic heterocycles. The summed E-state index contributed by atoms with van der Waals surface area (Å²) in [5, 5.41) is 9.54. The van der Waals surface area contributed by atoms with Gasteiger partial charge in [0, 0.05) is 35.2 Å². The van der Waals surface area contributed by atoms with Gasteiger partial charge in [-0.2, -0.15) is 5.10 Å². The summed E-state index contributed by atoms with van der Waals surface area (Å²) in [7, 11) is 1.85. The van der Waals surface area contributed by atoms with E-state index in [1.54, 1.807) is 16.3 Å². The molecular weight excluding hydrogens is 364 g/mol. The van der Waals surface area contributed by atoms with Gasteiger partial charge in [-0.3, -0.25) is 9.48 Å². The van der Waals surface area contributed by atoms with Gasteiger partial charge < -0.3 is 5.32 Å². The Morgan fingerprint density at radius 2 is 2.32 bits per heavy atom. The van der Waals surface area contributed by atoms with Gasteiger partial charge in [-0.25, -0.2) is 4.98 Å². The molecule has 5 nitrogen and oxygen atoms in total. The SMILES string of the molecule is Cn1cc(-c2nc(C(=O)NCc3cccc(Br)c3)cs2)cn1. The summed E-state index contributed by atoms with van der Waals surface area (Å²) < 4.78 is 2.70. The van der Waals surface area contributed by atoms with E-state index in [-0.39, 0.29) is 5.91 Å². The molecule has 0 saturated carbocycles. The fourth-order valence-corrected chi connectivity index (χ4v) is 3.18. The van der Waals surface area contributed by atoms with Crippen LogP contribution in [0.4, 0.5) is 0 Å². The number of aryl methyl sites for hydroxylation is 1. The first-order valence-electron chi connectivity index (χ1n) is 6.59. The van der Waals surface area contributed by atoms with E-state index in [4.69, 9.17) is 0 Å². The number of halogens is 1. The van der Waals surface area contributed by atoms with Gasteiger partial charge in [0.2, 0.25) is 0 Å². The second-order valence-electron chi connectivity index (χ2n) is 4.75. The van der Waals surface area contributed by atoms with Crippen molar-refractivity contribution >= 4 is 33.2 Å². The monoisotopic (exact) mass is 376 g/mol. The number of rotatable bonds is 4. The molecule has 0 saturated heterocycles. The fourth-order valence-electron chi connectivity index (χ4n) is 1.96. The van der Waals surface area contributed by atoms with Crippen LogP contribution in [-0.4, -0.2) is 20.7 Å². The molecule has 3 rings (SSSR count).